The molecule has 1 amide bonds. The van der Waals surface area contributed by atoms with E-state index in [4.69, 9.17) is 5.11 Å². The lowest BCUT2D eigenvalue weighted by atomic mass is 9.79. The Morgan fingerprint density at radius 3 is 2.17 bits per heavy atom. The van der Waals surface area contributed by atoms with Crippen molar-refractivity contribution < 1.29 is 14.7 Å². The number of carboxylic acids is 1. The molecule has 0 saturated heterocycles. The number of rotatable bonds is 7. The number of hydrogen-bond acceptors (Lipinski definition) is 2. The Morgan fingerprint density at radius 2 is 1.61 bits per heavy atom. The van der Waals surface area contributed by atoms with E-state index in [0.717, 1.165) is 24.4 Å². The van der Waals surface area contributed by atoms with Crippen molar-refractivity contribution >= 4 is 11.9 Å². The maximum absolute atomic E-state index is 11.0. The van der Waals surface area contributed by atoms with Gasteiger partial charge in [0.25, 0.3) is 0 Å². The van der Waals surface area contributed by atoms with Gasteiger partial charge in [0.1, 0.15) is 0 Å². The molecule has 0 bridgehead atoms. The molecule has 0 radical (unpaired) electrons. The zero-order valence-electron chi connectivity index (χ0n) is 13.9. The first-order valence-electron chi connectivity index (χ1n) is 8.57. The lowest BCUT2D eigenvalue weighted by Gasteiger charge is -2.28. The largest absolute Gasteiger partial charge is 0.481 e. The Kier molecular flexibility index (Phi) is 6.63. The number of carboxylic acid groups (broad SMARTS) is 1. The molecule has 1 saturated carbocycles. The minimum absolute atomic E-state index is 0.0649. The fraction of sp³-hybridized carbons (Fsp3) is 0.579. The quantitative estimate of drug-likeness (QED) is 0.811. The van der Waals surface area contributed by atoms with Gasteiger partial charge < -0.3 is 10.4 Å². The van der Waals surface area contributed by atoms with Crippen molar-refractivity contribution in [2.24, 2.45) is 11.8 Å². The lowest BCUT2D eigenvalue weighted by Crippen LogP contribution is -2.29. The molecule has 1 aliphatic carbocycles. The van der Waals surface area contributed by atoms with Crippen LogP contribution in [0.3, 0.4) is 0 Å². The summed E-state index contributed by atoms with van der Waals surface area (Å²) in [7, 11) is 0. The van der Waals surface area contributed by atoms with Gasteiger partial charge in [-0.3, -0.25) is 9.59 Å². The van der Waals surface area contributed by atoms with E-state index in [1.165, 1.54) is 31.2 Å². The first-order chi connectivity index (χ1) is 11.0. The van der Waals surface area contributed by atoms with Gasteiger partial charge in [-0.1, -0.05) is 24.3 Å². The third-order valence-corrected chi connectivity index (χ3v) is 4.78. The van der Waals surface area contributed by atoms with Gasteiger partial charge in [0, 0.05) is 19.9 Å². The van der Waals surface area contributed by atoms with Gasteiger partial charge in [-0.2, -0.15) is 0 Å². The van der Waals surface area contributed by atoms with E-state index in [-0.39, 0.29) is 12.3 Å². The first-order valence-corrected chi connectivity index (χ1v) is 8.57. The van der Waals surface area contributed by atoms with Crippen LogP contribution in [0.4, 0.5) is 0 Å². The van der Waals surface area contributed by atoms with Crippen molar-refractivity contribution in [1.82, 2.24) is 5.32 Å². The molecule has 2 N–H and O–H groups in total. The summed E-state index contributed by atoms with van der Waals surface area (Å²) in [6.07, 6.45) is 6.74. The number of carbonyl (C=O) groups is 2. The summed E-state index contributed by atoms with van der Waals surface area (Å²) in [5.41, 5.74) is 2.43. The van der Waals surface area contributed by atoms with Crippen LogP contribution in [0, 0.1) is 11.8 Å². The highest BCUT2D eigenvalue weighted by Gasteiger charge is 2.21. The number of nitrogens with one attached hydrogen (secondary N) is 1. The summed E-state index contributed by atoms with van der Waals surface area (Å²) < 4.78 is 0. The summed E-state index contributed by atoms with van der Waals surface area (Å²) in [4.78, 5) is 21.5. The highest BCUT2D eigenvalue weighted by Crippen LogP contribution is 2.30. The van der Waals surface area contributed by atoms with Gasteiger partial charge in [0.05, 0.1) is 0 Å². The molecule has 0 aliphatic heterocycles. The Morgan fingerprint density at radius 1 is 1.04 bits per heavy atom. The number of amides is 1. The third kappa shape index (κ3) is 6.43. The molecule has 4 nitrogen and oxygen atoms in total. The zero-order chi connectivity index (χ0) is 16.7. The standard InChI is InChI=1S/C19H27NO3/c1-14(21)20-13-18-8-6-17(7-9-18)12-16-4-2-15(3-5-16)10-11-19(22)23/h2-5,17-18H,6-13H2,1H3,(H,20,21)(H,22,23). The van der Waals surface area contributed by atoms with Crippen LogP contribution in [-0.4, -0.2) is 23.5 Å². The fourth-order valence-electron chi connectivity index (χ4n) is 3.35. The average molecular weight is 317 g/mol. The molecule has 23 heavy (non-hydrogen) atoms. The van der Waals surface area contributed by atoms with Crippen molar-refractivity contribution in [3.63, 3.8) is 0 Å². The molecule has 2 rings (SSSR count). The number of hydrogen-bond donors (Lipinski definition) is 2. The predicted octanol–water partition coefficient (Wildman–Crippen LogP) is 3.19. The summed E-state index contributed by atoms with van der Waals surface area (Å²) in [5, 5.41) is 11.6. The highest BCUT2D eigenvalue weighted by molar-refractivity contribution is 5.72. The van der Waals surface area contributed by atoms with Crippen molar-refractivity contribution in [3.8, 4) is 0 Å². The number of carbonyl (C=O) groups excluding carboxylic acids is 1. The predicted molar refractivity (Wildman–Crippen MR) is 90.2 cm³/mol. The van der Waals surface area contributed by atoms with Crippen molar-refractivity contribution in [2.75, 3.05) is 6.54 Å². The van der Waals surface area contributed by atoms with Crippen molar-refractivity contribution in [1.29, 1.82) is 0 Å². The molecule has 0 heterocycles. The van der Waals surface area contributed by atoms with Gasteiger partial charge in [-0.15, -0.1) is 0 Å². The van der Waals surface area contributed by atoms with Crippen LogP contribution >= 0.6 is 0 Å². The van der Waals surface area contributed by atoms with Crippen LogP contribution < -0.4 is 5.32 Å². The van der Waals surface area contributed by atoms with Crippen LogP contribution in [0.1, 0.15) is 50.2 Å². The second-order valence-corrected chi connectivity index (χ2v) is 6.74. The van der Waals surface area contributed by atoms with Crippen LogP contribution in [-0.2, 0) is 22.4 Å². The molecule has 1 aliphatic rings. The summed E-state index contributed by atoms with van der Waals surface area (Å²) in [6.45, 7) is 2.39. The Balaban J connectivity index is 1.73. The van der Waals surface area contributed by atoms with E-state index >= 15 is 0 Å². The summed E-state index contributed by atoms with van der Waals surface area (Å²) in [5.74, 6) is 0.683. The van der Waals surface area contributed by atoms with Gasteiger partial charge in [0.2, 0.25) is 5.91 Å². The Bertz CT molecular complexity index is 516. The van der Waals surface area contributed by atoms with E-state index in [0.29, 0.717) is 12.3 Å². The molecule has 1 aromatic rings. The van der Waals surface area contributed by atoms with E-state index in [1.807, 2.05) is 0 Å². The van der Waals surface area contributed by atoms with Crippen molar-refractivity contribution in [2.45, 2.75) is 51.9 Å². The first kappa shape index (κ1) is 17.5. The molecule has 1 fully saturated rings. The zero-order valence-corrected chi connectivity index (χ0v) is 13.9. The summed E-state index contributed by atoms with van der Waals surface area (Å²) >= 11 is 0. The van der Waals surface area contributed by atoms with E-state index in [9.17, 15) is 9.59 Å². The topological polar surface area (TPSA) is 66.4 Å². The van der Waals surface area contributed by atoms with Gasteiger partial charge in [0.15, 0.2) is 0 Å². The minimum Gasteiger partial charge on any atom is -0.481 e. The van der Waals surface area contributed by atoms with E-state index in [2.05, 4.69) is 29.6 Å². The average Bonchev–Trinajstić information content (AvgIpc) is 2.53. The Hall–Kier alpha value is -1.84. The van der Waals surface area contributed by atoms with E-state index in [1.54, 1.807) is 6.92 Å². The molecule has 0 unspecified atom stereocenters. The highest BCUT2D eigenvalue weighted by atomic mass is 16.4. The third-order valence-electron chi connectivity index (χ3n) is 4.78. The molecule has 0 atom stereocenters. The van der Waals surface area contributed by atoms with Gasteiger partial charge >= 0.3 is 5.97 Å². The van der Waals surface area contributed by atoms with Crippen LogP contribution in [0.5, 0.6) is 0 Å². The van der Waals surface area contributed by atoms with Crippen LogP contribution in [0.2, 0.25) is 0 Å². The number of aliphatic carboxylic acids is 1. The number of aryl methyl sites for hydroxylation is 1. The molecule has 126 valence electrons. The molecule has 1 aromatic carbocycles. The van der Waals surface area contributed by atoms with Gasteiger partial charge in [-0.05, 0) is 61.5 Å². The SMILES string of the molecule is CC(=O)NCC1CCC(Cc2ccc(CCC(=O)O)cc2)CC1. The Labute approximate surface area is 138 Å². The minimum atomic E-state index is -0.745. The normalized spacial score (nSPS) is 20.9. The lowest BCUT2D eigenvalue weighted by molar-refractivity contribution is -0.137. The fourth-order valence-corrected chi connectivity index (χ4v) is 3.35. The van der Waals surface area contributed by atoms with Crippen LogP contribution in [0.25, 0.3) is 0 Å². The second kappa shape index (κ2) is 8.70. The monoisotopic (exact) mass is 317 g/mol. The van der Waals surface area contributed by atoms with Gasteiger partial charge in [-0.25, -0.2) is 0 Å². The number of benzene rings is 1. The smallest absolute Gasteiger partial charge is 0.303 e. The molecule has 0 spiro atoms. The molecular formula is C19H27NO3. The molecule has 0 aromatic heterocycles. The molecule has 4 heteroatoms. The maximum atomic E-state index is 11.0. The summed E-state index contributed by atoms with van der Waals surface area (Å²) in [6, 6.07) is 8.39. The van der Waals surface area contributed by atoms with Crippen LogP contribution in [0.15, 0.2) is 24.3 Å². The second-order valence-electron chi connectivity index (χ2n) is 6.74. The van der Waals surface area contributed by atoms with E-state index < -0.39 is 5.97 Å². The van der Waals surface area contributed by atoms with Crippen molar-refractivity contribution in [3.05, 3.63) is 35.4 Å². The maximum Gasteiger partial charge on any atom is 0.303 e. The molecular weight excluding hydrogens is 290 g/mol.